The molecule has 0 radical (unpaired) electrons. The van der Waals surface area contributed by atoms with E-state index in [1.54, 1.807) is 0 Å². The van der Waals surface area contributed by atoms with Gasteiger partial charge in [-0.15, -0.1) is 0 Å². The fourth-order valence-corrected chi connectivity index (χ4v) is 10.4. The van der Waals surface area contributed by atoms with Crippen LogP contribution in [0.5, 0.6) is 0 Å². The Labute approximate surface area is 387 Å². The van der Waals surface area contributed by atoms with E-state index in [1.807, 2.05) is 0 Å². The summed E-state index contributed by atoms with van der Waals surface area (Å²) in [7, 11) is -11.9. The van der Waals surface area contributed by atoms with Crippen LogP contribution in [0.15, 0.2) is 199 Å². The monoisotopic (exact) mass is 1000 g/mol. The molecule has 0 amide bonds. The van der Waals surface area contributed by atoms with Gasteiger partial charge >= 0.3 is 12.4 Å². The maximum Gasteiger partial charge on any atom is 0.433 e. The first-order valence-corrected chi connectivity index (χ1v) is 25.0. The first-order valence-electron chi connectivity index (χ1n) is 19.6. The molecule has 0 spiro atoms. The fourth-order valence-electron chi connectivity index (χ4n) is 5.55. The van der Waals surface area contributed by atoms with Gasteiger partial charge in [0.2, 0.25) is 0 Å². The average molecular weight is 1000 g/mol. The van der Waals surface area contributed by atoms with Gasteiger partial charge < -0.3 is 9.11 Å². The molecule has 0 aromatic heterocycles. The lowest BCUT2D eigenvalue weighted by atomic mass is 9.87. The first kappa shape index (κ1) is 55.6. The van der Waals surface area contributed by atoms with Crippen molar-refractivity contribution in [2.24, 2.45) is 0 Å². The van der Waals surface area contributed by atoms with Crippen molar-refractivity contribution in [1.29, 1.82) is 0 Å². The summed E-state index contributed by atoms with van der Waals surface area (Å²) in [6.45, 7) is 13.6. The lowest BCUT2D eigenvalue weighted by molar-refractivity contribution is -0.158. The molecule has 6 rings (SSSR count). The molecule has 0 bridgehead atoms. The Kier molecular flexibility index (Phi) is 19.7. The third-order valence-corrected chi connectivity index (χ3v) is 14.9. The third kappa shape index (κ3) is 17.5. The standard InChI is InChI=1S/2C22H23S.2C2H2F4O3S/c2*1-22(2,3)18-14-16-21(17-15-18)23(19-10-6-4-7-11-19)20-12-8-5-9-13-20;2*3-1(2(4,5)6)10(7,8)9/h2*4-17H,1-3H3;2*1H,(H,7,8,9)/q2*+1;;/p-2. The van der Waals surface area contributed by atoms with Gasteiger partial charge in [-0.3, -0.25) is 0 Å². The fraction of sp³-hybridized carbons (Fsp3) is 0.250. The van der Waals surface area contributed by atoms with E-state index in [0.29, 0.717) is 0 Å². The number of hydrogen-bond donors (Lipinski definition) is 0. The van der Waals surface area contributed by atoms with Crippen molar-refractivity contribution in [2.75, 3.05) is 0 Å². The van der Waals surface area contributed by atoms with Gasteiger partial charge in [0.25, 0.3) is 11.0 Å². The molecule has 0 aliphatic carbocycles. The van der Waals surface area contributed by atoms with E-state index in [4.69, 9.17) is 0 Å². The predicted molar refractivity (Wildman–Crippen MR) is 242 cm³/mol. The zero-order chi connectivity index (χ0) is 49.7. The first-order chi connectivity index (χ1) is 30.4. The van der Waals surface area contributed by atoms with Crippen LogP contribution < -0.4 is 0 Å². The van der Waals surface area contributed by atoms with Crippen LogP contribution in [-0.4, -0.2) is 49.3 Å². The van der Waals surface area contributed by atoms with Crippen molar-refractivity contribution in [3.05, 3.63) is 181 Å². The van der Waals surface area contributed by atoms with E-state index in [0.717, 1.165) is 0 Å². The molecule has 356 valence electrons. The van der Waals surface area contributed by atoms with Crippen molar-refractivity contribution in [3.8, 4) is 0 Å². The van der Waals surface area contributed by atoms with Crippen molar-refractivity contribution in [3.63, 3.8) is 0 Å². The maximum atomic E-state index is 11.4. The van der Waals surface area contributed by atoms with Crippen LogP contribution in [0.2, 0.25) is 0 Å². The van der Waals surface area contributed by atoms with Crippen molar-refractivity contribution >= 4 is 42.0 Å². The van der Waals surface area contributed by atoms with E-state index in [1.165, 1.54) is 40.5 Å². The highest BCUT2D eigenvalue weighted by molar-refractivity contribution is 7.97. The predicted octanol–water partition coefficient (Wildman–Crippen LogP) is 12.9. The van der Waals surface area contributed by atoms with Crippen molar-refractivity contribution < 1.29 is 61.1 Å². The molecule has 2 atom stereocenters. The Balaban J connectivity index is 0.000000252. The summed E-state index contributed by atoms with van der Waals surface area (Å²) in [5, 5.41) is 0. The van der Waals surface area contributed by atoms with E-state index in [-0.39, 0.29) is 32.6 Å². The van der Waals surface area contributed by atoms with Crippen molar-refractivity contribution in [1.82, 2.24) is 0 Å². The van der Waals surface area contributed by atoms with E-state index < -0.39 is 43.6 Å². The maximum absolute atomic E-state index is 11.4. The van der Waals surface area contributed by atoms with Gasteiger partial charge in [0, 0.05) is 0 Å². The molecular weight excluding hydrogens is 953 g/mol. The van der Waals surface area contributed by atoms with Gasteiger partial charge in [0.05, 0.1) is 21.8 Å². The molecule has 6 aromatic rings. The van der Waals surface area contributed by atoms with E-state index >= 15 is 0 Å². The molecule has 0 aliphatic heterocycles. The van der Waals surface area contributed by atoms with Crippen LogP contribution in [-0.2, 0) is 52.9 Å². The molecule has 0 fully saturated rings. The van der Waals surface area contributed by atoms with Gasteiger partial charge in [0.15, 0.2) is 29.4 Å². The van der Waals surface area contributed by atoms with Crippen LogP contribution in [0, 0.1) is 0 Å². The molecule has 0 aliphatic rings. The second kappa shape index (κ2) is 23.3. The summed E-state index contributed by atoms with van der Waals surface area (Å²) in [4.78, 5) is 8.19. The van der Waals surface area contributed by atoms with E-state index in [9.17, 15) is 61.1 Å². The number of rotatable bonds is 8. The Morgan fingerprint density at radius 1 is 0.364 bits per heavy atom. The van der Waals surface area contributed by atoms with Gasteiger partial charge in [-0.25, -0.2) is 25.6 Å². The zero-order valence-electron chi connectivity index (χ0n) is 36.4. The minimum atomic E-state index is -5.90. The number of benzene rings is 6. The van der Waals surface area contributed by atoms with Crippen LogP contribution in [0.3, 0.4) is 0 Å². The lowest BCUT2D eigenvalue weighted by Gasteiger charge is -2.19. The summed E-state index contributed by atoms with van der Waals surface area (Å²) in [5.74, 6) is 0. The van der Waals surface area contributed by atoms with Crippen LogP contribution in [0.4, 0.5) is 35.1 Å². The minimum Gasteiger partial charge on any atom is -0.745 e. The second-order valence-corrected chi connectivity index (χ2v) is 23.0. The minimum absolute atomic E-state index is 0.0497. The highest BCUT2D eigenvalue weighted by Crippen LogP contribution is 2.34. The Bertz CT molecular complexity index is 2330. The van der Waals surface area contributed by atoms with Gasteiger partial charge in [0.1, 0.15) is 20.2 Å². The summed E-state index contributed by atoms with van der Waals surface area (Å²) in [6.07, 6.45) is -11.2. The number of hydrogen-bond acceptors (Lipinski definition) is 6. The molecule has 0 saturated carbocycles. The largest absolute Gasteiger partial charge is 0.745 e. The Morgan fingerprint density at radius 2 is 0.545 bits per heavy atom. The quantitative estimate of drug-likeness (QED) is 0.0852. The van der Waals surface area contributed by atoms with Crippen LogP contribution >= 0.6 is 0 Å². The average Bonchev–Trinajstić information content (AvgIpc) is 3.24. The molecule has 6 aromatic carbocycles. The summed E-state index contributed by atoms with van der Waals surface area (Å²) in [5.41, 5.74) is -5.50. The zero-order valence-corrected chi connectivity index (χ0v) is 39.7. The number of alkyl halides is 8. The van der Waals surface area contributed by atoms with E-state index in [2.05, 4.69) is 211 Å². The molecule has 0 heterocycles. The Hall–Kier alpha value is -4.72. The molecule has 18 heteroatoms. The van der Waals surface area contributed by atoms with Gasteiger partial charge in [-0.05, 0) is 94.8 Å². The molecule has 6 nitrogen and oxygen atoms in total. The second-order valence-electron chi connectivity index (χ2n) is 16.1. The van der Waals surface area contributed by atoms with Crippen LogP contribution in [0.1, 0.15) is 52.7 Å². The van der Waals surface area contributed by atoms with Gasteiger partial charge in [-0.1, -0.05) is 139 Å². The normalized spacial score (nSPS) is 13.2. The third-order valence-electron chi connectivity index (χ3n) is 8.85. The summed E-state index contributed by atoms with van der Waals surface area (Å²) < 4.78 is 145. The molecular formula is C48H48F8O6S4. The summed E-state index contributed by atoms with van der Waals surface area (Å²) in [6, 6.07) is 61.5. The topological polar surface area (TPSA) is 114 Å². The van der Waals surface area contributed by atoms with Crippen LogP contribution in [0.25, 0.3) is 0 Å². The molecule has 66 heavy (non-hydrogen) atoms. The highest BCUT2D eigenvalue weighted by Gasteiger charge is 2.46. The lowest BCUT2D eigenvalue weighted by Crippen LogP contribution is -2.32. The molecule has 0 N–H and O–H groups in total. The smallest absolute Gasteiger partial charge is 0.433 e. The van der Waals surface area contributed by atoms with Crippen molar-refractivity contribution in [2.45, 2.75) is 105 Å². The highest BCUT2D eigenvalue weighted by atomic mass is 32.2. The number of halogens is 8. The SMILES string of the molecule is CC(C)(C)c1ccc([S+](c2ccccc2)c2ccccc2)cc1.CC(C)(C)c1ccc([S+](c2ccccc2)c2ccccc2)cc1.O=S(=O)([O-])C(F)C(F)(F)F.O=S(=O)([O-])C(F)C(F)(F)F. The molecule has 2 unspecified atom stereocenters. The molecule has 0 saturated heterocycles. The summed E-state index contributed by atoms with van der Waals surface area (Å²) >= 11 is 0. The van der Waals surface area contributed by atoms with Gasteiger partial charge in [-0.2, -0.15) is 26.3 Å². The Morgan fingerprint density at radius 3 is 0.682 bits per heavy atom.